The van der Waals surface area contributed by atoms with Gasteiger partial charge in [0.25, 0.3) is 0 Å². The van der Waals surface area contributed by atoms with Crippen molar-refractivity contribution in [3.05, 3.63) is 65.2 Å². The monoisotopic (exact) mass is 266 g/mol. The van der Waals surface area contributed by atoms with Gasteiger partial charge in [-0.1, -0.05) is 60.2 Å². The van der Waals surface area contributed by atoms with Crippen molar-refractivity contribution < 1.29 is 5.11 Å². The summed E-state index contributed by atoms with van der Waals surface area (Å²) in [5.74, 6) is 0. The summed E-state index contributed by atoms with van der Waals surface area (Å²) in [4.78, 5) is 0. The highest BCUT2D eigenvalue weighted by molar-refractivity contribution is 5.66. The maximum absolute atomic E-state index is 8.84. The van der Waals surface area contributed by atoms with Gasteiger partial charge in [-0.3, -0.25) is 0 Å². The van der Waals surface area contributed by atoms with E-state index < -0.39 is 0 Å². The lowest BCUT2D eigenvalue weighted by Gasteiger charge is -2.05. The molecule has 1 N–H and O–H groups in total. The van der Waals surface area contributed by atoms with E-state index in [2.05, 4.69) is 68.5 Å². The molecular weight excluding hydrogens is 244 g/mol. The number of rotatable bonds is 5. The first-order valence-corrected chi connectivity index (χ1v) is 7.14. The molecule has 2 rings (SSSR count). The average molecular weight is 266 g/mol. The molecule has 1 heteroatoms. The number of allylic oxidation sites excluding steroid dienone is 1. The van der Waals surface area contributed by atoms with Gasteiger partial charge in [0.1, 0.15) is 0 Å². The van der Waals surface area contributed by atoms with E-state index in [0.29, 0.717) is 0 Å². The van der Waals surface area contributed by atoms with Crippen LogP contribution in [0.1, 0.15) is 31.4 Å². The van der Waals surface area contributed by atoms with Crippen LogP contribution < -0.4 is 0 Å². The van der Waals surface area contributed by atoms with Crippen LogP contribution in [-0.2, 0) is 6.42 Å². The Balaban J connectivity index is 2.13. The Kier molecular flexibility index (Phi) is 5.14. The third-order valence-electron chi connectivity index (χ3n) is 3.28. The van der Waals surface area contributed by atoms with Gasteiger partial charge in [0.2, 0.25) is 0 Å². The summed E-state index contributed by atoms with van der Waals surface area (Å²) in [6.07, 6.45) is 3.95. The van der Waals surface area contributed by atoms with Gasteiger partial charge < -0.3 is 5.11 Å². The molecule has 0 heterocycles. The summed E-state index contributed by atoms with van der Waals surface area (Å²) < 4.78 is 0. The molecule has 0 saturated carbocycles. The van der Waals surface area contributed by atoms with Gasteiger partial charge in [-0.15, -0.1) is 0 Å². The highest BCUT2D eigenvalue weighted by Gasteiger charge is 1.98. The van der Waals surface area contributed by atoms with Crippen LogP contribution in [0.3, 0.4) is 0 Å². The number of aliphatic hydroxyl groups excluding tert-OH is 1. The molecule has 0 aromatic heterocycles. The topological polar surface area (TPSA) is 20.2 Å². The first-order chi connectivity index (χ1) is 9.69. The van der Waals surface area contributed by atoms with E-state index in [-0.39, 0.29) is 6.61 Å². The van der Waals surface area contributed by atoms with Crippen molar-refractivity contribution in [1.29, 1.82) is 0 Å². The second kappa shape index (κ2) is 7.06. The van der Waals surface area contributed by atoms with Gasteiger partial charge in [0.05, 0.1) is 0 Å². The molecule has 0 aliphatic rings. The van der Waals surface area contributed by atoms with Gasteiger partial charge in [-0.25, -0.2) is 0 Å². The molecule has 0 saturated heterocycles. The van der Waals surface area contributed by atoms with Crippen molar-refractivity contribution in [3.63, 3.8) is 0 Å². The van der Waals surface area contributed by atoms with E-state index in [1.54, 1.807) is 0 Å². The van der Waals surface area contributed by atoms with Crippen molar-refractivity contribution in [2.24, 2.45) is 0 Å². The molecule has 104 valence electrons. The predicted octanol–water partition coefficient (Wildman–Crippen LogP) is 4.70. The first kappa shape index (κ1) is 14.5. The molecule has 0 aliphatic carbocycles. The van der Waals surface area contributed by atoms with Gasteiger partial charge >= 0.3 is 0 Å². The van der Waals surface area contributed by atoms with Crippen LogP contribution >= 0.6 is 0 Å². The Morgan fingerprint density at radius 2 is 1.45 bits per heavy atom. The number of hydrogen-bond acceptors (Lipinski definition) is 1. The van der Waals surface area contributed by atoms with E-state index in [9.17, 15) is 0 Å². The molecule has 2 aromatic carbocycles. The van der Waals surface area contributed by atoms with Crippen LogP contribution in [0.2, 0.25) is 0 Å². The summed E-state index contributed by atoms with van der Waals surface area (Å²) in [6.45, 7) is 4.48. The second-order valence-corrected chi connectivity index (χ2v) is 5.37. The molecular formula is C19H22O. The molecule has 0 amide bonds. The number of aryl methyl sites for hydroxylation is 1. The summed E-state index contributed by atoms with van der Waals surface area (Å²) in [5, 5.41) is 8.84. The highest BCUT2D eigenvalue weighted by Crippen LogP contribution is 2.21. The number of hydrogen-bond donors (Lipinski definition) is 1. The van der Waals surface area contributed by atoms with Crippen LogP contribution in [0.25, 0.3) is 17.2 Å². The van der Waals surface area contributed by atoms with Crippen molar-refractivity contribution in [1.82, 2.24) is 0 Å². The summed E-state index contributed by atoms with van der Waals surface area (Å²) >= 11 is 0. The normalized spacial score (nSPS) is 10.3. The third-order valence-corrected chi connectivity index (χ3v) is 3.28. The van der Waals surface area contributed by atoms with Crippen LogP contribution in [0, 0.1) is 0 Å². The van der Waals surface area contributed by atoms with Crippen LogP contribution in [0.5, 0.6) is 0 Å². The highest BCUT2D eigenvalue weighted by atomic mass is 16.2. The van der Waals surface area contributed by atoms with Gasteiger partial charge in [-0.2, -0.15) is 0 Å². The van der Waals surface area contributed by atoms with Crippen molar-refractivity contribution >= 4 is 6.08 Å². The van der Waals surface area contributed by atoms with E-state index >= 15 is 0 Å². The van der Waals surface area contributed by atoms with Crippen molar-refractivity contribution in [2.45, 2.75) is 26.7 Å². The lowest BCUT2D eigenvalue weighted by molar-refractivity contribution is 0.288. The van der Waals surface area contributed by atoms with E-state index in [0.717, 1.165) is 12.8 Å². The fourth-order valence-corrected chi connectivity index (χ4v) is 2.25. The smallest absolute Gasteiger partial charge is 0.0434 e. The second-order valence-electron chi connectivity index (χ2n) is 5.37. The van der Waals surface area contributed by atoms with Crippen molar-refractivity contribution in [2.75, 3.05) is 6.61 Å². The zero-order chi connectivity index (χ0) is 14.4. The average Bonchev–Trinajstić information content (AvgIpc) is 2.46. The van der Waals surface area contributed by atoms with E-state index in [4.69, 9.17) is 5.11 Å². The minimum absolute atomic E-state index is 0.258. The van der Waals surface area contributed by atoms with Gasteiger partial charge in [-0.05, 0) is 48.9 Å². The Bertz CT molecular complexity index is 558. The third kappa shape index (κ3) is 4.07. The fraction of sp³-hybridized carbons (Fsp3) is 0.263. The van der Waals surface area contributed by atoms with Gasteiger partial charge in [0.15, 0.2) is 0 Å². The van der Waals surface area contributed by atoms with Crippen molar-refractivity contribution in [3.8, 4) is 11.1 Å². The van der Waals surface area contributed by atoms with Crippen LogP contribution in [-0.4, -0.2) is 11.7 Å². The molecule has 20 heavy (non-hydrogen) atoms. The Morgan fingerprint density at radius 1 is 0.900 bits per heavy atom. The molecule has 0 bridgehead atoms. The quantitative estimate of drug-likeness (QED) is 0.831. The molecule has 0 atom stereocenters. The summed E-state index contributed by atoms with van der Waals surface area (Å²) in [6, 6.07) is 17.2. The molecule has 0 fully saturated rings. The lowest BCUT2D eigenvalue weighted by atomic mass is 10.0. The lowest BCUT2D eigenvalue weighted by Crippen LogP contribution is -1.89. The molecule has 1 nitrogen and oxygen atoms in total. The number of benzene rings is 2. The zero-order valence-electron chi connectivity index (χ0n) is 12.3. The largest absolute Gasteiger partial charge is 0.396 e. The molecule has 0 unspecified atom stereocenters. The van der Waals surface area contributed by atoms with E-state index in [1.807, 2.05) is 0 Å². The Morgan fingerprint density at radius 3 is 1.95 bits per heavy atom. The molecule has 0 spiro atoms. The summed E-state index contributed by atoms with van der Waals surface area (Å²) in [5.41, 5.74) is 6.31. The molecule has 0 radical (unpaired) electrons. The van der Waals surface area contributed by atoms with Crippen LogP contribution in [0.15, 0.2) is 54.1 Å². The van der Waals surface area contributed by atoms with Gasteiger partial charge in [0, 0.05) is 6.61 Å². The molecule has 0 aliphatic heterocycles. The Labute approximate surface area is 121 Å². The maximum Gasteiger partial charge on any atom is 0.0434 e. The minimum Gasteiger partial charge on any atom is -0.396 e. The standard InChI is InChI=1S/C19H22O/c1-15(2)14-17-7-11-19(12-8-17)18-9-5-16(6-10-18)4-3-13-20/h5-12,14,20H,3-4,13H2,1-2H3. The fourth-order valence-electron chi connectivity index (χ4n) is 2.25. The zero-order valence-corrected chi connectivity index (χ0v) is 12.3. The molecule has 2 aromatic rings. The van der Waals surface area contributed by atoms with Crippen LogP contribution in [0.4, 0.5) is 0 Å². The number of aliphatic hydroxyl groups is 1. The predicted molar refractivity (Wildman–Crippen MR) is 86.6 cm³/mol. The summed E-state index contributed by atoms with van der Waals surface area (Å²) in [7, 11) is 0. The van der Waals surface area contributed by atoms with E-state index in [1.165, 1.54) is 27.8 Å². The first-order valence-electron chi connectivity index (χ1n) is 7.14. The Hall–Kier alpha value is -1.86. The SMILES string of the molecule is CC(C)=Cc1ccc(-c2ccc(CCCO)cc2)cc1. The maximum atomic E-state index is 8.84. The minimum atomic E-state index is 0.258.